The van der Waals surface area contributed by atoms with Crippen molar-refractivity contribution >= 4 is 17.7 Å². The molecule has 1 saturated heterocycles. The fraction of sp³-hybridized carbons (Fsp3) is 0.667. The molecule has 0 saturated carbocycles. The van der Waals surface area contributed by atoms with Gasteiger partial charge in [-0.2, -0.15) is 0 Å². The van der Waals surface area contributed by atoms with E-state index >= 15 is 0 Å². The zero-order valence-corrected chi connectivity index (χ0v) is 8.58. The predicted molar refractivity (Wildman–Crippen MR) is 52.6 cm³/mol. The molecule has 1 aliphatic rings. The molecule has 0 unspecified atom stereocenters. The van der Waals surface area contributed by atoms with Crippen LogP contribution in [-0.4, -0.2) is 29.8 Å². The molecule has 6 heteroatoms. The summed E-state index contributed by atoms with van der Waals surface area (Å²) in [6.07, 6.45) is 1.27. The van der Waals surface area contributed by atoms with Gasteiger partial charge >= 0.3 is 0 Å². The molecule has 1 heterocycles. The SMILES string of the molecule is CC[C@@H](NC(=O)[C@H]1CCC(=O)N1)C(N)=O. The molecule has 4 N–H and O–H groups in total. The van der Waals surface area contributed by atoms with E-state index in [4.69, 9.17) is 5.73 Å². The van der Waals surface area contributed by atoms with Crippen LogP contribution in [0.25, 0.3) is 0 Å². The fourth-order valence-corrected chi connectivity index (χ4v) is 1.46. The van der Waals surface area contributed by atoms with Crippen LogP contribution in [0.15, 0.2) is 0 Å². The van der Waals surface area contributed by atoms with Crippen molar-refractivity contribution < 1.29 is 14.4 Å². The van der Waals surface area contributed by atoms with E-state index in [1.807, 2.05) is 0 Å². The number of hydrogen-bond acceptors (Lipinski definition) is 3. The van der Waals surface area contributed by atoms with Crippen molar-refractivity contribution in [1.82, 2.24) is 10.6 Å². The Morgan fingerprint density at radius 1 is 1.67 bits per heavy atom. The van der Waals surface area contributed by atoms with Gasteiger partial charge in [0.05, 0.1) is 0 Å². The van der Waals surface area contributed by atoms with E-state index < -0.39 is 18.0 Å². The Morgan fingerprint density at radius 2 is 2.33 bits per heavy atom. The third kappa shape index (κ3) is 2.93. The number of amides is 3. The van der Waals surface area contributed by atoms with E-state index in [1.54, 1.807) is 6.92 Å². The lowest BCUT2D eigenvalue weighted by Gasteiger charge is -2.16. The second kappa shape index (κ2) is 4.77. The second-order valence-corrected chi connectivity index (χ2v) is 3.53. The maximum Gasteiger partial charge on any atom is 0.243 e. The molecule has 6 nitrogen and oxygen atoms in total. The molecular weight excluding hydrogens is 198 g/mol. The Bertz CT molecular complexity index is 290. The first-order chi connectivity index (χ1) is 7.04. The maximum atomic E-state index is 11.5. The molecule has 1 rings (SSSR count). The monoisotopic (exact) mass is 213 g/mol. The summed E-state index contributed by atoms with van der Waals surface area (Å²) >= 11 is 0. The summed E-state index contributed by atoms with van der Waals surface area (Å²) in [5.74, 6) is -1.04. The standard InChI is InChI=1S/C9H15N3O3/c1-2-5(8(10)14)12-9(15)6-3-4-7(13)11-6/h5-6H,2-4H2,1H3,(H2,10,14)(H,11,13)(H,12,15)/t5-,6-/m1/s1. The highest BCUT2D eigenvalue weighted by Gasteiger charge is 2.29. The molecule has 0 radical (unpaired) electrons. The highest BCUT2D eigenvalue weighted by molar-refractivity contribution is 5.93. The Morgan fingerprint density at radius 3 is 2.73 bits per heavy atom. The van der Waals surface area contributed by atoms with E-state index in [9.17, 15) is 14.4 Å². The Hall–Kier alpha value is -1.59. The molecule has 0 aromatic heterocycles. The van der Waals surface area contributed by atoms with Crippen molar-refractivity contribution in [3.63, 3.8) is 0 Å². The molecule has 3 amide bonds. The van der Waals surface area contributed by atoms with Gasteiger partial charge in [0.15, 0.2) is 0 Å². The summed E-state index contributed by atoms with van der Waals surface area (Å²) in [5.41, 5.74) is 5.08. The number of nitrogens with one attached hydrogen (secondary N) is 2. The van der Waals surface area contributed by atoms with E-state index in [0.717, 1.165) is 0 Å². The molecule has 84 valence electrons. The van der Waals surface area contributed by atoms with Crippen molar-refractivity contribution in [2.45, 2.75) is 38.3 Å². The number of hydrogen-bond donors (Lipinski definition) is 3. The van der Waals surface area contributed by atoms with Gasteiger partial charge in [-0.1, -0.05) is 6.92 Å². The molecule has 15 heavy (non-hydrogen) atoms. The van der Waals surface area contributed by atoms with Crippen molar-refractivity contribution in [1.29, 1.82) is 0 Å². The summed E-state index contributed by atoms with van der Waals surface area (Å²) in [6.45, 7) is 1.75. The lowest BCUT2D eigenvalue weighted by molar-refractivity contribution is -0.129. The van der Waals surface area contributed by atoms with Gasteiger partial charge in [0.25, 0.3) is 0 Å². The minimum atomic E-state index is -0.657. The van der Waals surface area contributed by atoms with Crippen LogP contribution in [0.1, 0.15) is 26.2 Å². The van der Waals surface area contributed by atoms with Gasteiger partial charge in [0, 0.05) is 6.42 Å². The van der Waals surface area contributed by atoms with E-state index in [2.05, 4.69) is 10.6 Å². The number of carbonyl (C=O) groups excluding carboxylic acids is 3. The van der Waals surface area contributed by atoms with E-state index in [-0.39, 0.29) is 11.8 Å². The van der Waals surface area contributed by atoms with Crippen LogP contribution in [0.5, 0.6) is 0 Å². The number of nitrogens with two attached hydrogens (primary N) is 1. The van der Waals surface area contributed by atoms with Crippen LogP contribution < -0.4 is 16.4 Å². The summed E-state index contributed by atoms with van der Waals surface area (Å²) in [4.78, 5) is 33.3. The van der Waals surface area contributed by atoms with Crippen molar-refractivity contribution in [3.05, 3.63) is 0 Å². The normalized spacial score (nSPS) is 21.9. The first-order valence-corrected chi connectivity index (χ1v) is 4.93. The van der Waals surface area contributed by atoms with Crippen molar-refractivity contribution in [2.24, 2.45) is 5.73 Å². The smallest absolute Gasteiger partial charge is 0.243 e. The highest BCUT2D eigenvalue weighted by atomic mass is 16.2. The maximum absolute atomic E-state index is 11.5. The highest BCUT2D eigenvalue weighted by Crippen LogP contribution is 2.06. The topological polar surface area (TPSA) is 101 Å². The lowest BCUT2D eigenvalue weighted by Crippen LogP contribution is -2.50. The van der Waals surface area contributed by atoms with Crippen LogP contribution >= 0.6 is 0 Å². The van der Waals surface area contributed by atoms with Crippen LogP contribution in [0, 0.1) is 0 Å². The molecule has 0 bridgehead atoms. The van der Waals surface area contributed by atoms with Gasteiger partial charge in [-0.05, 0) is 12.8 Å². The van der Waals surface area contributed by atoms with Crippen LogP contribution in [0.2, 0.25) is 0 Å². The van der Waals surface area contributed by atoms with E-state index in [1.165, 1.54) is 0 Å². The average Bonchev–Trinajstić information content (AvgIpc) is 2.60. The minimum absolute atomic E-state index is 0.137. The fourth-order valence-electron chi connectivity index (χ4n) is 1.46. The number of primary amides is 1. The molecule has 1 fully saturated rings. The molecule has 0 aromatic rings. The van der Waals surface area contributed by atoms with Crippen LogP contribution in [-0.2, 0) is 14.4 Å². The Balaban J connectivity index is 2.47. The third-order valence-corrected chi connectivity index (χ3v) is 2.38. The minimum Gasteiger partial charge on any atom is -0.368 e. The first kappa shape index (κ1) is 11.5. The molecule has 2 atom stereocenters. The molecule has 0 aliphatic carbocycles. The zero-order chi connectivity index (χ0) is 11.4. The Labute approximate surface area is 87.6 Å². The number of carbonyl (C=O) groups is 3. The largest absolute Gasteiger partial charge is 0.368 e. The molecule has 1 aliphatic heterocycles. The lowest BCUT2D eigenvalue weighted by atomic mass is 10.1. The van der Waals surface area contributed by atoms with Crippen molar-refractivity contribution in [2.75, 3.05) is 0 Å². The molecule has 0 aromatic carbocycles. The second-order valence-electron chi connectivity index (χ2n) is 3.53. The van der Waals surface area contributed by atoms with Gasteiger partial charge in [0.2, 0.25) is 17.7 Å². The molecular formula is C9H15N3O3. The van der Waals surface area contributed by atoms with E-state index in [0.29, 0.717) is 19.3 Å². The van der Waals surface area contributed by atoms with Gasteiger partial charge in [-0.25, -0.2) is 0 Å². The first-order valence-electron chi connectivity index (χ1n) is 4.93. The van der Waals surface area contributed by atoms with Gasteiger partial charge in [-0.15, -0.1) is 0 Å². The number of rotatable bonds is 4. The van der Waals surface area contributed by atoms with Crippen LogP contribution in [0.3, 0.4) is 0 Å². The summed E-state index contributed by atoms with van der Waals surface area (Å²) in [6, 6.07) is -1.18. The summed E-state index contributed by atoms with van der Waals surface area (Å²) < 4.78 is 0. The zero-order valence-electron chi connectivity index (χ0n) is 8.58. The molecule has 0 spiro atoms. The summed E-state index contributed by atoms with van der Waals surface area (Å²) in [5, 5.41) is 5.02. The van der Waals surface area contributed by atoms with Crippen LogP contribution in [0.4, 0.5) is 0 Å². The Kier molecular flexibility index (Phi) is 3.65. The predicted octanol–water partition coefficient (Wildman–Crippen LogP) is -1.35. The third-order valence-electron chi connectivity index (χ3n) is 2.38. The quantitative estimate of drug-likeness (QED) is 0.537. The summed E-state index contributed by atoms with van der Waals surface area (Å²) in [7, 11) is 0. The van der Waals surface area contributed by atoms with Gasteiger partial charge in [0.1, 0.15) is 12.1 Å². The average molecular weight is 213 g/mol. The van der Waals surface area contributed by atoms with Gasteiger partial charge < -0.3 is 16.4 Å². The van der Waals surface area contributed by atoms with Gasteiger partial charge in [-0.3, -0.25) is 14.4 Å². The van der Waals surface area contributed by atoms with Crippen molar-refractivity contribution in [3.8, 4) is 0 Å².